The maximum atomic E-state index is 2.47. The van der Waals surface area contributed by atoms with Crippen LogP contribution in [0.25, 0.3) is 5.57 Å². The Morgan fingerprint density at radius 2 is 1.29 bits per heavy atom. The van der Waals surface area contributed by atoms with Crippen LogP contribution < -0.4 is 5.19 Å². The van der Waals surface area contributed by atoms with Crippen LogP contribution in [0.3, 0.4) is 0 Å². The summed E-state index contributed by atoms with van der Waals surface area (Å²) in [5, 5.41) is 1.55. The van der Waals surface area contributed by atoms with Crippen molar-refractivity contribution in [2.45, 2.75) is 66.8 Å². The summed E-state index contributed by atoms with van der Waals surface area (Å²) in [4.78, 5) is 0. The summed E-state index contributed by atoms with van der Waals surface area (Å²) >= 11 is 0. The molecule has 1 aliphatic carbocycles. The predicted octanol–water partition coefficient (Wildman–Crippen LogP) is 7.40. The molecule has 0 radical (unpaired) electrons. The van der Waals surface area contributed by atoms with Crippen LogP contribution in [0.15, 0.2) is 83.4 Å². The minimum absolute atomic E-state index is 0.449. The van der Waals surface area contributed by atoms with Gasteiger partial charge in [-0.2, -0.15) is 0 Å². The second kappa shape index (κ2) is 10.3. The van der Waals surface area contributed by atoms with Gasteiger partial charge in [-0.05, 0) is 92.0 Å². The normalized spacial score (nSPS) is 17.3. The van der Waals surface area contributed by atoms with Gasteiger partial charge in [0.25, 0.3) is 0 Å². The van der Waals surface area contributed by atoms with E-state index in [1.165, 1.54) is 44.5 Å². The van der Waals surface area contributed by atoms with E-state index >= 15 is 0 Å². The zero-order valence-electron chi connectivity index (χ0n) is 22.1. The third-order valence-electron chi connectivity index (χ3n) is 7.89. The predicted molar refractivity (Wildman–Crippen MR) is 153 cm³/mol. The van der Waals surface area contributed by atoms with Crippen LogP contribution in [0.5, 0.6) is 0 Å². The third kappa shape index (κ3) is 4.91. The molecule has 0 heterocycles. The lowest BCUT2D eigenvalue weighted by Gasteiger charge is -2.30. The van der Waals surface area contributed by atoms with Gasteiger partial charge in [0.1, 0.15) is 0 Å². The van der Waals surface area contributed by atoms with E-state index in [0.717, 1.165) is 12.8 Å². The van der Waals surface area contributed by atoms with Crippen molar-refractivity contribution >= 4 is 20.3 Å². The average molecular weight is 465 g/mol. The Balaban J connectivity index is 1.91. The number of allylic oxidation sites excluding steroid dienone is 4. The SMILES string of the molecule is CCc1cc(CC)cc(C2=C(C)C(C)=C(C)C2C([SiH2]c2ccccc2)c2cc(C)cc(C)c2)c1. The molecule has 0 bridgehead atoms. The second-order valence-electron chi connectivity index (χ2n) is 10.3. The lowest BCUT2D eigenvalue weighted by molar-refractivity contribution is 0.743. The van der Waals surface area contributed by atoms with Crippen LogP contribution in [0.1, 0.15) is 73.5 Å². The molecule has 0 nitrogen and oxygen atoms in total. The molecule has 0 N–H and O–H groups in total. The van der Waals surface area contributed by atoms with Crippen molar-refractivity contribution in [1.82, 2.24) is 0 Å². The van der Waals surface area contributed by atoms with Crippen LogP contribution in [0.4, 0.5) is 0 Å². The number of hydrogen-bond donors (Lipinski definition) is 0. The van der Waals surface area contributed by atoms with Crippen LogP contribution in [-0.4, -0.2) is 9.52 Å². The van der Waals surface area contributed by atoms with Crippen molar-refractivity contribution < 1.29 is 0 Å². The Morgan fingerprint density at radius 3 is 1.85 bits per heavy atom. The summed E-state index contributed by atoms with van der Waals surface area (Å²) in [7, 11) is -0.569. The van der Waals surface area contributed by atoms with E-state index in [0.29, 0.717) is 11.5 Å². The molecule has 0 spiro atoms. The smallest absolute Gasteiger partial charge is 0.0636 e. The van der Waals surface area contributed by atoms with E-state index < -0.39 is 9.52 Å². The fraction of sp³-hybridized carbons (Fsp3) is 0.333. The fourth-order valence-electron chi connectivity index (χ4n) is 5.93. The maximum Gasteiger partial charge on any atom is 0.0636 e. The van der Waals surface area contributed by atoms with Gasteiger partial charge in [-0.25, -0.2) is 0 Å². The van der Waals surface area contributed by atoms with E-state index in [1.807, 2.05) is 0 Å². The van der Waals surface area contributed by atoms with Gasteiger partial charge < -0.3 is 0 Å². The van der Waals surface area contributed by atoms with Crippen LogP contribution in [-0.2, 0) is 12.8 Å². The molecule has 176 valence electrons. The van der Waals surface area contributed by atoms with Crippen LogP contribution in [0.2, 0.25) is 0 Å². The Kier molecular flexibility index (Phi) is 7.43. The summed E-state index contributed by atoms with van der Waals surface area (Å²) in [5.74, 6) is 0.449. The summed E-state index contributed by atoms with van der Waals surface area (Å²) < 4.78 is 0. The molecule has 3 aromatic carbocycles. The minimum Gasteiger partial charge on any atom is -0.0663 e. The molecule has 2 atom stereocenters. The van der Waals surface area contributed by atoms with Crippen molar-refractivity contribution in [3.05, 3.63) is 117 Å². The topological polar surface area (TPSA) is 0 Å². The molecule has 0 aliphatic heterocycles. The average Bonchev–Trinajstić information content (AvgIpc) is 3.06. The molecular formula is C33H40Si. The first kappa shape index (κ1) is 24.5. The lowest BCUT2D eigenvalue weighted by Crippen LogP contribution is -2.29. The molecule has 4 rings (SSSR count). The monoisotopic (exact) mass is 464 g/mol. The molecule has 0 saturated carbocycles. The van der Waals surface area contributed by atoms with E-state index in [2.05, 4.69) is 115 Å². The maximum absolute atomic E-state index is 2.47. The standard InChI is InChI=1S/C33H40Si/c1-8-26-18-27(9-2)20-28(19-26)31-24(6)23(5)25(7)32(31)33(34-30-13-11-10-12-14-30)29-16-21(3)15-22(4)17-29/h10-20,32-33H,8-9,34H2,1-7H3. The van der Waals surface area contributed by atoms with Crippen LogP contribution in [0, 0.1) is 19.8 Å². The molecule has 3 aromatic rings. The molecule has 34 heavy (non-hydrogen) atoms. The van der Waals surface area contributed by atoms with E-state index in [4.69, 9.17) is 0 Å². The fourth-order valence-corrected chi connectivity index (χ4v) is 8.27. The van der Waals surface area contributed by atoms with Crippen molar-refractivity contribution in [1.29, 1.82) is 0 Å². The number of benzene rings is 3. The Hall–Kier alpha value is -2.64. The van der Waals surface area contributed by atoms with Gasteiger partial charge in [0.2, 0.25) is 0 Å². The van der Waals surface area contributed by atoms with Gasteiger partial charge in [0.05, 0.1) is 9.52 Å². The highest BCUT2D eigenvalue weighted by Crippen LogP contribution is 2.49. The Morgan fingerprint density at radius 1 is 0.706 bits per heavy atom. The van der Waals surface area contributed by atoms with Crippen molar-refractivity contribution in [3.8, 4) is 0 Å². The minimum atomic E-state index is -0.569. The zero-order chi connectivity index (χ0) is 24.4. The lowest BCUT2D eigenvalue weighted by atomic mass is 9.83. The van der Waals surface area contributed by atoms with Crippen molar-refractivity contribution in [2.75, 3.05) is 0 Å². The highest BCUT2D eigenvalue weighted by atomic mass is 28.2. The summed E-state index contributed by atoms with van der Waals surface area (Å²) in [5.41, 5.74) is 15.3. The summed E-state index contributed by atoms with van der Waals surface area (Å²) in [6.45, 7) is 16.2. The molecule has 1 heteroatoms. The molecule has 0 amide bonds. The van der Waals surface area contributed by atoms with Gasteiger partial charge in [-0.15, -0.1) is 0 Å². The van der Waals surface area contributed by atoms with Crippen molar-refractivity contribution in [2.24, 2.45) is 5.92 Å². The van der Waals surface area contributed by atoms with Gasteiger partial charge in [0.15, 0.2) is 0 Å². The van der Waals surface area contributed by atoms with Gasteiger partial charge in [-0.1, -0.05) is 102 Å². The number of rotatable bonds is 7. The molecule has 0 saturated heterocycles. The first-order valence-electron chi connectivity index (χ1n) is 13.0. The van der Waals surface area contributed by atoms with Gasteiger partial charge in [0, 0.05) is 5.92 Å². The Bertz CT molecular complexity index is 1200. The Labute approximate surface area is 209 Å². The quantitative estimate of drug-likeness (QED) is 0.319. The summed E-state index contributed by atoms with van der Waals surface area (Å²) in [6, 6.07) is 25.9. The number of hydrogen-bond acceptors (Lipinski definition) is 0. The van der Waals surface area contributed by atoms with E-state index in [9.17, 15) is 0 Å². The molecule has 2 unspecified atom stereocenters. The van der Waals surface area contributed by atoms with Crippen LogP contribution >= 0.6 is 0 Å². The molecule has 0 aromatic heterocycles. The van der Waals surface area contributed by atoms with E-state index in [1.54, 1.807) is 16.3 Å². The highest BCUT2D eigenvalue weighted by Gasteiger charge is 2.36. The highest BCUT2D eigenvalue weighted by molar-refractivity contribution is 6.55. The third-order valence-corrected chi connectivity index (χ3v) is 10.2. The van der Waals surface area contributed by atoms with Gasteiger partial charge >= 0.3 is 0 Å². The zero-order valence-corrected chi connectivity index (χ0v) is 23.5. The van der Waals surface area contributed by atoms with E-state index in [-0.39, 0.29) is 0 Å². The van der Waals surface area contributed by atoms with Gasteiger partial charge in [-0.3, -0.25) is 0 Å². The molecule has 1 aliphatic rings. The first-order chi connectivity index (χ1) is 16.3. The molecular weight excluding hydrogens is 424 g/mol. The molecule has 0 fully saturated rings. The first-order valence-corrected chi connectivity index (χ1v) is 14.5. The summed E-state index contributed by atoms with van der Waals surface area (Å²) in [6.07, 6.45) is 2.17. The van der Waals surface area contributed by atoms with Crippen molar-refractivity contribution in [3.63, 3.8) is 0 Å². The number of aryl methyl sites for hydroxylation is 4. The second-order valence-corrected chi connectivity index (χ2v) is 12.4. The largest absolute Gasteiger partial charge is 0.0663 e.